The minimum Gasteiger partial charge on any atom is -0.493 e. The maximum atomic E-state index is 11.5. The van der Waals surface area contributed by atoms with Crippen molar-refractivity contribution in [2.24, 2.45) is 5.73 Å². The minimum atomic E-state index is -0.508. The molecule has 1 amide bonds. The summed E-state index contributed by atoms with van der Waals surface area (Å²) in [6.07, 6.45) is 0.829. The summed E-state index contributed by atoms with van der Waals surface area (Å²) in [7, 11) is 1.67. The van der Waals surface area contributed by atoms with Crippen LogP contribution in [0.25, 0.3) is 0 Å². The summed E-state index contributed by atoms with van der Waals surface area (Å²) in [5, 5.41) is 2.79. The third-order valence-electron chi connectivity index (χ3n) is 2.84. The van der Waals surface area contributed by atoms with Crippen LogP contribution in [0, 0.1) is 6.92 Å². The summed E-state index contributed by atoms with van der Waals surface area (Å²) >= 11 is 0. The van der Waals surface area contributed by atoms with Gasteiger partial charge in [0.05, 0.1) is 12.6 Å². The normalized spacial score (nSPS) is 12.0. The van der Waals surface area contributed by atoms with Gasteiger partial charge in [0.1, 0.15) is 5.75 Å². The molecule has 0 heterocycles. The molecule has 1 atom stereocenters. The van der Waals surface area contributed by atoms with Gasteiger partial charge < -0.3 is 20.5 Å². The standard InChI is InChI=1S/C15H24N2O3/c1-11-5-6-13(10-17-15(18)12(2)16)14(9-11)20-8-4-7-19-3/h5-6,9,12H,4,7-8,10,16H2,1-3H3,(H,17,18)/t12-/m0/s1. The average Bonchev–Trinajstić information content (AvgIpc) is 2.42. The SMILES string of the molecule is COCCCOc1cc(C)ccc1CNC(=O)[C@H](C)N. The summed E-state index contributed by atoms with van der Waals surface area (Å²) in [4.78, 5) is 11.5. The second-order valence-electron chi connectivity index (χ2n) is 4.81. The van der Waals surface area contributed by atoms with Crippen molar-refractivity contribution < 1.29 is 14.3 Å². The lowest BCUT2D eigenvalue weighted by molar-refractivity contribution is -0.122. The molecule has 1 aromatic rings. The number of amides is 1. The van der Waals surface area contributed by atoms with Gasteiger partial charge in [0.25, 0.3) is 0 Å². The first-order valence-electron chi connectivity index (χ1n) is 6.79. The number of ether oxygens (including phenoxy) is 2. The molecule has 0 saturated heterocycles. The van der Waals surface area contributed by atoms with Gasteiger partial charge in [-0.15, -0.1) is 0 Å². The highest BCUT2D eigenvalue weighted by atomic mass is 16.5. The first kappa shape index (κ1) is 16.5. The lowest BCUT2D eigenvalue weighted by Gasteiger charge is -2.14. The quantitative estimate of drug-likeness (QED) is 0.705. The summed E-state index contributed by atoms with van der Waals surface area (Å²) in [6.45, 7) is 5.34. The molecule has 5 nitrogen and oxygen atoms in total. The molecule has 1 aromatic carbocycles. The van der Waals surface area contributed by atoms with Crippen molar-refractivity contribution in [2.45, 2.75) is 32.9 Å². The Labute approximate surface area is 120 Å². The fourth-order valence-corrected chi connectivity index (χ4v) is 1.67. The second kappa shape index (κ2) is 8.55. The number of aryl methyl sites for hydroxylation is 1. The molecule has 0 unspecified atom stereocenters. The zero-order chi connectivity index (χ0) is 15.0. The summed E-state index contributed by atoms with van der Waals surface area (Å²) in [6, 6.07) is 5.42. The molecule has 0 aliphatic carbocycles. The number of rotatable bonds is 8. The topological polar surface area (TPSA) is 73.6 Å². The molecular formula is C15H24N2O3. The number of carbonyl (C=O) groups is 1. The second-order valence-corrected chi connectivity index (χ2v) is 4.81. The Bertz CT molecular complexity index is 433. The zero-order valence-corrected chi connectivity index (χ0v) is 12.4. The first-order chi connectivity index (χ1) is 9.54. The molecule has 0 aliphatic rings. The van der Waals surface area contributed by atoms with Crippen LogP contribution in [0.5, 0.6) is 5.75 Å². The predicted octanol–water partition coefficient (Wildman–Crippen LogP) is 1.37. The van der Waals surface area contributed by atoms with E-state index >= 15 is 0 Å². The number of carbonyl (C=O) groups excluding carboxylic acids is 1. The Morgan fingerprint density at radius 1 is 1.40 bits per heavy atom. The maximum absolute atomic E-state index is 11.5. The van der Waals surface area contributed by atoms with E-state index in [0.29, 0.717) is 19.8 Å². The molecule has 0 aromatic heterocycles. The molecule has 0 radical (unpaired) electrons. The van der Waals surface area contributed by atoms with Crippen LogP contribution in [0.3, 0.4) is 0 Å². The Hall–Kier alpha value is -1.59. The first-order valence-corrected chi connectivity index (χ1v) is 6.79. The van der Waals surface area contributed by atoms with Gasteiger partial charge in [-0.2, -0.15) is 0 Å². The van der Waals surface area contributed by atoms with Gasteiger partial charge in [-0.1, -0.05) is 12.1 Å². The Morgan fingerprint density at radius 3 is 2.80 bits per heavy atom. The van der Waals surface area contributed by atoms with Gasteiger partial charge in [0.15, 0.2) is 0 Å². The average molecular weight is 280 g/mol. The van der Waals surface area contributed by atoms with Gasteiger partial charge in [-0.3, -0.25) is 4.79 Å². The van der Waals surface area contributed by atoms with Gasteiger partial charge in [0.2, 0.25) is 5.91 Å². The smallest absolute Gasteiger partial charge is 0.236 e. The number of nitrogens with two attached hydrogens (primary N) is 1. The number of benzene rings is 1. The highest BCUT2D eigenvalue weighted by Crippen LogP contribution is 2.20. The van der Waals surface area contributed by atoms with Crippen LogP contribution in [0.15, 0.2) is 18.2 Å². The van der Waals surface area contributed by atoms with Gasteiger partial charge >= 0.3 is 0 Å². The molecule has 0 spiro atoms. The van der Waals surface area contributed by atoms with Gasteiger partial charge in [-0.25, -0.2) is 0 Å². The molecule has 0 fully saturated rings. The maximum Gasteiger partial charge on any atom is 0.236 e. The Balaban J connectivity index is 2.62. The molecule has 3 N–H and O–H groups in total. The van der Waals surface area contributed by atoms with Crippen molar-refractivity contribution >= 4 is 5.91 Å². The van der Waals surface area contributed by atoms with Crippen LogP contribution in [0.4, 0.5) is 0 Å². The predicted molar refractivity (Wildman–Crippen MR) is 78.7 cm³/mol. The van der Waals surface area contributed by atoms with Crippen molar-refractivity contribution in [3.05, 3.63) is 29.3 Å². The van der Waals surface area contributed by atoms with Crippen LogP contribution in [-0.2, 0) is 16.1 Å². The summed E-state index contributed by atoms with van der Waals surface area (Å²) < 4.78 is 10.7. The van der Waals surface area contributed by atoms with Crippen molar-refractivity contribution in [3.63, 3.8) is 0 Å². The third kappa shape index (κ3) is 5.59. The highest BCUT2D eigenvalue weighted by Gasteiger charge is 2.09. The van der Waals surface area contributed by atoms with Gasteiger partial charge in [0, 0.05) is 32.2 Å². The Morgan fingerprint density at radius 2 is 2.15 bits per heavy atom. The van der Waals surface area contributed by atoms with E-state index in [0.717, 1.165) is 23.3 Å². The lowest BCUT2D eigenvalue weighted by atomic mass is 10.1. The minimum absolute atomic E-state index is 0.170. The van der Waals surface area contributed by atoms with E-state index < -0.39 is 6.04 Å². The molecule has 1 rings (SSSR count). The molecule has 0 saturated carbocycles. The van der Waals surface area contributed by atoms with E-state index in [1.54, 1.807) is 14.0 Å². The third-order valence-corrected chi connectivity index (χ3v) is 2.84. The molecule has 0 aliphatic heterocycles. The zero-order valence-electron chi connectivity index (χ0n) is 12.4. The van der Waals surface area contributed by atoms with Crippen molar-refractivity contribution in [3.8, 4) is 5.75 Å². The van der Waals surface area contributed by atoms with Crippen molar-refractivity contribution in [1.29, 1.82) is 0 Å². The van der Waals surface area contributed by atoms with Gasteiger partial charge in [-0.05, 0) is 25.5 Å². The van der Waals surface area contributed by atoms with Crippen LogP contribution in [0.1, 0.15) is 24.5 Å². The van der Waals surface area contributed by atoms with E-state index in [1.807, 2.05) is 25.1 Å². The number of hydrogen-bond acceptors (Lipinski definition) is 4. The van der Waals surface area contributed by atoms with E-state index in [9.17, 15) is 4.79 Å². The fraction of sp³-hybridized carbons (Fsp3) is 0.533. The molecule has 20 heavy (non-hydrogen) atoms. The summed E-state index contributed by atoms with van der Waals surface area (Å²) in [5.41, 5.74) is 7.58. The molecule has 112 valence electrons. The van der Waals surface area contributed by atoms with Crippen molar-refractivity contribution in [1.82, 2.24) is 5.32 Å². The van der Waals surface area contributed by atoms with Crippen LogP contribution in [-0.4, -0.2) is 32.3 Å². The highest BCUT2D eigenvalue weighted by molar-refractivity contribution is 5.80. The molecule has 0 bridgehead atoms. The van der Waals surface area contributed by atoms with E-state index in [4.69, 9.17) is 15.2 Å². The van der Waals surface area contributed by atoms with Crippen LogP contribution in [0.2, 0.25) is 0 Å². The number of nitrogens with one attached hydrogen (secondary N) is 1. The van der Waals surface area contributed by atoms with E-state index in [2.05, 4.69) is 5.32 Å². The lowest BCUT2D eigenvalue weighted by Crippen LogP contribution is -2.37. The van der Waals surface area contributed by atoms with E-state index in [-0.39, 0.29) is 5.91 Å². The molecular weight excluding hydrogens is 256 g/mol. The number of methoxy groups -OCH3 is 1. The largest absolute Gasteiger partial charge is 0.493 e. The van der Waals surface area contributed by atoms with Crippen LogP contribution >= 0.6 is 0 Å². The van der Waals surface area contributed by atoms with Crippen molar-refractivity contribution in [2.75, 3.05) is 20.3 Å². The number of hydrogen-bond donors (Lipinski definition) is 2. The monoisotopic (exact) mass is 280 g/mol. The molecule has 5 heteroatoms. The van der Waals surface area contributed by atoms with E-state index in [1.165, 1.54) is 0 Å². The Kier molecular flexibility index (Phi) is 7.04. The van der Waals surface area contributed by atoms with Crippen LogP contribution < -0.4 is 15.8 Å². The fourth-order valence-electron chi connectivity index (χ4n) is 1.67. The summed E-state index contributed by atoms with van der Waals surface area (Å²) in [5.74, 6) is 0.627.